The molecule has 3 N–H and O–H groups in total. The van der Waals surface area contributed by atoms with Gasteiger partial charge in [-0.2, -0.15) is 0 Å². The number of rotatable bonds is 3. The predicted octanol–water partition coefficient (Wildman–Crippen LogP) is 3.66. The summed E-state index contributed by atoms with van der Waals surface area (Å²) in [5.41, 5.74) is 7.37. The molecule has 0 unspecified atom stereocenters. The molecule has 1 heterocycles. The maximum Gasteiger partial charge on any atom is 0.151 e. The van der Waals surface area contributed by atoms with E-state index in [9.17, 15) is 0 Å². The molecule has 4 heteroatoms. The SMILES string of the molecule is CC(C)(Nc1nc(Cl)ccc1N)c1ccccc1. The Morgan fingerprint density at radius 1 is 1.11 bits per heavy atom. The molecule has 0 saturated carbocycles. The maximum atomic E-state index is 5.89. The Bertz CT molecular complexity index is 538. The zero-order valence-corrected chi connectivity index (χ0v) is 11.2. The van der Waals surface area contributed by atoms with E-state index in [1.807, 2.05) is 18.2 Å². The third-order valence-corrected chi connectivity index (χ3v) is 3.03. The summed E-state index contributed by atoms with van der Waals surface area (Å²) in [5.74, 6) is 0.608. The number of anilines is 2. The van der Waals surface area contributed by atoms with Crippen molar-refractivity contribution in [1.82, 2.24) is 4.98 Å². The fourth-order valence-corrected chi connectivity index (χ4v) is 1.92. The van der Waals surface area contributed by atoms with E-state index in [4.69, 9.17) is 17.3 Å². The molecule has 3 nitrogen and oxygen atoms in total. The molecule has 0 saturated heterocycles. The first kappa shape index (κ1) is 12.7. The van der Waals surface area contributed by atoms with Crippen molar-refractivity contribution in [3.8, 4) is 0 Å². The maximum absolute atomic E-state index is 5.89. The summed E-state index contributed by atoms with van der Waals surface area (Å²) in [6, 6.07) is 13.6. The van der Waals surface area contributed by atoms with Gasteiger partial charge >= 0.3 is 0 Å². The normalized spacial score (nSPS) is 11.3. The van der Waals surface area contributed by atoms with Crippen molar-refractivity contribution in [2.24, 2.45) is 0 Å². The van der Waals surface area contributed by atoms with Gasteiger partial charge in [0.1, 0.15) is 5.15 Å². The second-order valence-corrected chi connectivity index (χ2v) is 5.08. The Balaban J connectivity index is 2.30. The zero-order chi connectivity index (χ0) is 13.2. The highest BCUT2D eigenvalue weighted by molar-refractivity contribution is 6.29. The lowest BCUT2D eigenvalue weighted by atomic mass is 9.94. The number of pyridine rings is 1. The monoisotopic (exact) mass is 261 g/mol. The Kier molecular flexibility index (Phi) is 3.43. The van der Waals surface area contributed by atoms with Gasteiger partial charge in [0.15, 0.2) is 5.82 Å². The lowest BCUT2D eigenvalue weighted by Gasteiger charge is -2.28. The van der Waals surface area contributed by atoms with E-state index in [0.717, 1.165) is 5.56 Å². The average molecular weight is 262 g/mol. The number of halogens is 1. The quantitative estimate of drug-likeness (QED) is 0.829. The molecule has 0 aliphatic heterocycles. The second-order valence-electron chi connectivity index (χ2n) is 4.69. The fourth-order valence-electron chi connectivity index (χ4n) is 1.77. The van der Waals surface area contributed by atoms with Gasteiger partial charge in [-0.05, 0) is 31.5 Å². The van der Waals surface area contributed by atoms with Crippen LogP contribution in [-0.2, 0) is 5.54 Å². The van der Waals surface area contributed by atoms with Gasteiger partial charge in [-0.1, -0.05) is 41.9 Å². The Hall–Kier alpha value is -1.74. The van der Waals surface area contributed by atoms with Crippen LogP contribution in [0.2, 0.25) is 5.15 Å². The van der Waals surface area contributed by atoms with Gasteiger partial charge in [0.05, 0.1) is 11.2 Å². The molecule has 0 fully saturated rings. The molecule has 2 aromatic rings. The van der Waals surface area contributed by atoms with Crippen molar-refractivity contribution >= 4 is 23.1 Å². The molecular formula is C14H16ClN3. The van der Waals surface area contributed by atoms with Crippen LogP contribution in [0.25, 0.3) is 0 Å². The molecule has 0 spiro atoms. The number of nitrogens with zero attached hydrogens (tertiary/aromatic N) is 1. The molecule has 94 valence electrons. The van der Waals surface area contributed by atoms with Crippen molar-refractivity contribution in [2.45, 2.75) is 19.4 Å². The molecule has 1 aromatic carbocycles. The van der Waals surface area contributed by atoms with Crippen LogP contribution in [0.5, 0.6) is 0 Å². The highest BCUT2D eigenvalue weighted by atomic mass is 35.5. The van der Waals surface area contributed by atoms with Crippen LogP contribution in [0.1, 0.15) is 19.4 Å². The van der Waals surface area contributed by atoms with Crippen molar-refractivity contribution in [3.63, 3.8) is 0 Å². The number of nitrogens with one attached hydrogen (secondary N) is 1. The van der Waals surface area contributed by atoms with Gasteiger partial charge in [0.2, 0.25) is 0 Å². The first-order chi connectivity index (χ1) is 8.49. The first-order valence-corrected chi connectivity index (χ1v) is 6.12. The van der Waals surface area contributed by atoms with Gasteiger partial charge < -0.3 is 11.1 Å². The molecule has 2 rings (SSSR count). The van der Waals surface area contributed by atoms with Gasteiger partial charge in [0.25, 0.3) is 0 Å². The van der Waals surface area contributed by atoms with Crippen LogP contribution in [0.3, 0.4) is 0 Å². The molecule has 0 bridgehead atoms. The number of benzene rings is 1. The van der Waals surface area contributed by atoms with E-state index >= 15 is 0 Å². The minimum Gasteiger partial charge on any atom is -0.396 e. The number of hydrogen-bond donors (Lipinski definition) is 2. The van der Waals surface area contributed by atoms with Crippen LogP contribution in [-0.4, -0.2) is 4.98 Å². The summed E-state index contributed by atoms with van der Waals surface area (Å²) < 4.78 is 0. The lowest BCUT2D eigenvalue weighted by Crippen LogP contribution is -2.28. The molecule has 0 aliphatic carbocycles. The molecule has 0 amide bonds. The molecule has 0 radical (unpaired) electrons. The van der Waals surface area contributed by atoms with Crippen LogP contribution in [0, 0.1) is 0 Å². The van der Waals surface area contributed by atoms with Crippen LogP contribution in [0.4, 0.5) is 11.5 Å². The standard InChI is InChI=1S/C14H16ClN3/c1-14(2,10-6-4-3-5-7-10)18-13-11(16)8-9-12(15)17-13/h3-9H,16H2,1-2H3,(H,17,18). The molecule has 1 aromatic heterocycles. The third kappa shape index (κ3) is 2.74. The molecule has 0 atom stereocenters. The average Bonchev–Trinajstić information content (AvgIpc) is 2.35. The highest BCUT2D eigenvalue weighted by Gasteiger charge is 2.21. The van der Waals surface area contributed by atoms with E-state index in [0.29, 0.717) is 16.7 Å². The summed E-state index contributed by atoms with van der Waals surface area (Å²) in [6.07, 6.45) is 0. The van der Waals surface area contributed by atoms with Crippen molar-refractivity contribution in [3.05, 3.63) is 53.2 Å². The van der Waals surface area contributed by atoms with Crippen LogP contribution in [0.15, 0.2) is 42.5 Å². The lowest BCUT2D eigenvalue weighted by molar-refractivity contribution is 0.606. The Morgan fingerprint density at radius 2 is 1.78 bits per heavy atom. The number of hydrogen-bond acceptors (Lipinski definition) is 3. The zero-order valence-electron chi connectivity index (χ0n) is 10.4. The largest absolute Gasteiger partial charge is 0.396 e. The summed E-state index contributed by atoms with van der Waals surface area (Å²) in [4.78, 5) is 4.21. The summed E-state index contributed by atoms with van der Waals surface area (Å²) >= 11 is 5.89. The van der Waals surface area contributed by atoms with E-state index in [2.05, 4.69) is 36.3 Å². The summed E-state index contributed by atoms with van der Waals surface area (Å²) in [5, 5.41) is 3.75. The van der Waals surface area contributed by atoms with Gasteiger partial charge in [-0.25, -0.2) is 4.98 Å². The number of nitrogen functional groups attached to an aromatic ring is 1. The van der Waals surface area contributed by atoms with Gasteiger partial charge in [0, 0.05) is 0 Å². The van der Waals surface area contributed by atoms with Crippen molar-refractivity contribution in [1.29, 1.82) is 0 Å². The number of nitrogens with two attached hydrogens (primary N) is 1. The van der Waals surface area contributed by atoms with Crippen LogP contribution >= 0.6 is 11.6 Å². The fraction of sp³-hybridized carbons (Fsp3) is 0.214. The minimum atomic E-state index is -0.271. The highest BCUT2D eigenvalue weighted by Crippen LogP contribution is 2.28. The summed E-state index contributed by atoms with van der Waals surface area (Å²) in [7, 11) is 0. The Morgan fingerprint density at radius 3 is 2.44 bits per heavy atom. The van der Waals surface area contributed by atoms with E-state index in [-0.39, 0.29) is 5.54 Å². The van der Waals surface area contributed by atoms with Crippen LogP contribution < -0.4 is 11.1 Å². The first-order valence-electron chi connectivity index (χ1n) is 5.75. The molecule has 0 aliphatic rings. The van der Waals surface area contributed by atoms with E-state index < -0.39 is 0 Å². The van der Waals surface area contributed by atoms with Gasteiger partial charge in [-0.3, -0.25) is 0 Å². The third-order valence-electron chi connectivity index (χ3n) is 2.82. The Labute approximate surface area is 112 Å². The number of aromatic nitrogens is 1. The topological polar surface area (TPSA) is 50.9 Å². The second kappa shape index (κ2) is 4.86. The van der Waals surface area contributed by atoms with Gasteiger partial charge in [-0.15, -0.1) is 0 Å². The summed E-state index contributed by atoms with van der Waals surface area (Å²) in [6.45, 7) is 4.15. The molecule has 18 heavy (non-hydrogen) atoms. The van der Waals surface area contributed by atoms with Crippen molar-refractivity contribution < 1.29 is 0 Å². The minimum absolute atomic E-state index is 0.271. The van der Waals surface area contributed by atoms with E-state index in [1.165, 1.54) is 0 Å². The van der Waals surface area contributed by atoms with Crippen molar-refractivity contribution in [2.75, 3.05) is 11.1 Å². The smallest absolute Gasteiger partial charge is 0.151 e. The predicted molar refractivity (Wildman–Crippen MR) is 76.8 cm³/mol. The van der Waals surface area contributed by atoms with E-state index in [1.54, 1.807) is 12.1 Å². The molecular weight excluding hydrogens is 246 g/mol.